The number of amides is 1. The van der Waals surface area contributed by atoms with Crippen LogP contribution in [0.15, 0.2) is 54.6 Å². The first-order valence-corrected chi connectivity index (χ1v) is 8.88. The third kappa shape index (κ3) is 4.37. The molecule has 0 unspecified atom stereocenters. The Hall–Kier alpha value is -3.08. The highest BCUT2D eigenvalue weighted by molar-refractivity contribution is 5.94. The van der Waals surface area contributed by atoms with Crippen molar-refractivity contribution in [1.82, 2.24) is 4.90 Å². The van der Waals surface area contributed by atoms with E-state index in [2.05, 4.69) is 6.08 Å². The molecular formula is C22H23NO4. The van der Waals surface area contributed by atoms with Crippen molar-refractivity contribution in [3.63, 3.8) is 0 Å². The van der Waals surface area contributed by atoms with Crippen LogP contribution in [-0.4, -0.2) is 42.9 Å². The van der Waals surface area contributed by atoms with E-state index in [1.165, 1.54) is 6.92 Å². The molecule has 1 heterocycles. The molecule has 0 aliphatic carbocycles. The molecule has 0 fully saturated rings. The second-order valence-electron chi connectivity index (χ2n) is 6.52. The summed E-state index contributed by atoms with van der Waals surface area (Å²) in [5, 5.41) is 0. The van der Waals surface area contributed by atoms with E-state index in [-0.39, 0.29) is 11.7 Å². The van der Waals surface area contributed by atoms with Gasteiger partial charge in [0.25, 0.3) is 5.91 Å². The molecule has 1 atom stereocenters. The molecule has 5 nitrogen and oxygen atoms in total. The lowest BCUT2D eigenvalue weighted by molar-refractivity contribution is -0.136. The van der Waals surface area contributed by atoms with Crippen LogP contribution in [0.2, 0.25) is 0 Å². The maximum absolute atomic E-state index is 12.7. The molecular weight excluding hydrogens is 342 g/mol. The third-order valence-corrected chi connectivity index (χ3v) is 4.59. The number of nitrogens with zero attached hydrogens (tertiary/aromatic N) is 1. The van der Waals surface area contributed by atoms with Gasteiger partial charge in [-0.2, -0.15) is 0 Å². The normalized spacial score (nSPS) is 14.5. The van der Waals surface area contributed by atoms with Crippen molar-refractivity contribution in [2.24, 2.45) is 0 Å². The zero-order chi connectivity index (χ0) is 19.4. The highest BCUT2D eigenvalue weighted by Gasteiger charge is 2.26. The van der Waals surface area contributed by atoms with Gasteiger partial charge in [0.1, 0.15) is 11.5 Å². The number of Topliss-reactive ketones (excluding diaryl/α,β-unsaturated/α-hetero) is 1. The van der Waals surface area contributed by atoms with Gasteiger partial charge in [-0.05, 0) is 49.2 Å². The van der Waals surface area contributed by atoms with Crippen molar-refractivity contribution < 1.29 is 19.1 Å². The summed E-state index contributed by atoms with van der Waals surface area (Å²) in [6.07, 6.45) is 1.43. The van der Waals surface area contributed by atoms with Crippen LogP contribution in [0.5, 0.6) is 11.5 Å². The molecule has 0 N–H and O–H groups in total. The Kier molecular flexibility index (Phi) is 5.60. The van der Waals surface area contributed by atoms with E-state index in [1.54, 1.807) is 43.2 Å². The number of benzene rings is 2. The second kappa shape index (κ2) is 8.08. The van der Waals surface area contributed by atoms with Gasteiger partial charge in [0, 0.05) is 18.7 Å². The van der Waals surface area contributed by atoms with Crippen molar-refractivity contribution in [2.75, 3.05) is 20.2 Å². The Bertz CT molecular complexity index is 870. The van der Waals surface area contributed by atoms with Gasteiger partial charge in [-0.3, -0.25) is 9.59 Å². The number of rotatable bonds is 6. The van der Waals surface area contributed by atoms with Crippen LogP contribution in [0.3, 0.4) is 0 Å². The highest BCUT2D eigenvalue weighted by Crippen LogP contribution is 2.24. The van der Waals surface area contributed by atoms with Crippen molar-refractivity contribution in [3.8, 4) is 11.5 Å². The number of hydrogen-bond acceptors (Lipinski definition) is 4. The van der Waals surface area contributed by atoms with Gasteiger partial charge in [-0.1, -0.05) is 30.3 Å². The number of carbonyl (C=O) groups is 2. The van der Waals surface area contributed by atoms with Crippen molar-refractivity contribution >= 4 is 17.3 Å². The lowest BCUT2D eigenvalue weighted by Gasteiger charge is -2.22. The van der Waals surface area contributed by atoms with Gasteiger partial charge >= 0.3 is 0 Å². The molecule has 3 rings (SSSR count). The van der Waals surface area contributed by atoms with Gasteiger partial charge in [-0.15, -0.1) is 0 Å². The lowest BCUT2D eigenvalue weighted by atomic mass is 10.1. The minimum absolute atomic E-state index is 0.0349. The summed E-state index contributed by atoms with van der Waals surface area (Å²) in [6.45, 7) is 4.34. The first kappa shape index (κ1) is 18.7. The van der Waals surface area contributed by atoms with Crippen molar-refractivity contribution in [3.05, 3.63) is 65.7 Å². The fraction of sp³-hybridized carbons (Fsp3) is 0.273. The SMILES string of the molecule is COc1ccc(C2=CCN(C(=O)[C@H](C)Oc3cccc(C(C)=O)c3)C2)cc1. The lowest BCUT2D eigenvalue weighted by Crippen LogP contribution is -2.39. The molecule has 0 spiro atoms. The molecule has 5 heteroatoms. The van der Waals surface area contributed by atoms with E-state index >= 15 is 0 Å². The Balaban J connectivity index is 1.61. The molecule has 1 aliphatic rings. The Labute approximate surface area is 159 Å². The number of ether oxygens (including phenoxy) is 2. The van der Waals surface area contributed by atoms with E-state index < -0.39 is 6.10 Å². The van der Waals surface area contributed by atoms with E-state index in [0.29, 0.717) is 24.4 Å². The Morgan fingerprint density at radius 3 is 2.48 bits per heavy atom. The number of methoxy groups -OCH3 is 1. The van der Waals surface area contributed by atoms with Crippen LogP contribution < -0.4 is 9.47 Å². The van der Waals surface area contributed by atoms with Gasteiger partial charge in [0.15, 0.2) is 11.9 Å². The summed E-state index contributed by atoms with van der Waals surface area (Å²) in [6, 6.07) is 14.7. The second-order valence-corrected chi connectivity index (χ2v) is 6.52. The minimum atomic E-state index is -0.629. The zero-order valence-electron chi connectivity index (χ0n) is 15.8. The molecule has 0 aromatic heterocycles. The van der Waals surface area contributed by atoms with E-state index in [1.807, 2.05) is 24.3 Å². The topological polar surface area (TPSA) is 55.8 Å². The third-order valence-electron chi connectivity index (χ3n) is 4.59. The van der Waals surface area contributed by atoms with Crippen molar-refractivity contribution in [2.45, 2.75) is 20.0 Å². The maximum Gasteiger partial charge on any atom is 0.263 e. The smallest absolute Gasteiger partial charge is 0.263 e. The summed E-state index contributed by atoms with van der Waals surface area (Å²) in [5.41, 5.74) is 2.75. The molecule has 0 radical (unpaired) electrons. The van der Waals surface area contributed by atoms with Gasteiger partial charge < -0.3 is 14.4 Å². The van der Waals surface area contributed by atoms with Crippen LogP contribution in [0.4, 0.5) is 0 Å². The zero-order valence-corrected chi connectivity index (χ0v) is 15.8. The first-order valence-electron chi connectivity index (χ1n) is 8.88. The minimum Gasteiger partial charge on any atom is -0.497 e. The summed E-state index contributed by atoms with van der Waals surface area (Å²) >= 11 is 0. The number of ketones is 1. The summed E-state index contributed by atoms with van der Waals surface area (Å²) in [4.78, 5) is 26.0. The molecule has 0 bridgehead atoms. The van der Waals surface area contributed by atoms with Crippen molar-refractivity contribution in [1.29, 1.82) is 0 Å². The fourth-order valence-corrected chi connectivity index (χ4v) is 3.04. The quantitative estimate of drug-likeness (QED) is 0.734. The van der Waals surface area contributed by atoms with Gasteiger partial charge in [-0.25, -0.2) is 0 Å². The van der Waals surface area contributed by atoms with Crippen LogP contribution in [0.25, 0.3) is 5.57 Å². The molecule has 27 heavy (non-hydrogen) atoms. The van der Waals surface area contributed by atoms with Crippen LogP contribution in [0, 0.1) is 0 Å². The van der Waals surface area contributed by atoms with Gasteiger partial charge in [0.05, 0.1) is 7.11 Å². The van der Waals surface area contributed by atoms with E-state index in [9.17, 15) is 9.59 Å². The first-order chi connectivity index (χ1) is 13.0. The molecule has 0 saturated carbocycles. The summed E-state index contributed by atoms with van der Waals surface area (Å²) in [5.74, 6) is 1.21. The molecule has 2 aromatic carbocycles. The highest BCUT2D eigenvalue weighted by atomic mass is 16.5. The van der Waals surface area contributed by atoms with E-state index in [0.717, 1.165) is 16.9 Å². The standard InChI is InChI=1S/C22H23NO4/c1-15(24)18-5-4-6-21(13-18)27-16(2)22(25)23-12-11-19(14-23)17-7-9-20(26-3)10-8-17/h4-11,13,16H,12,14H2,1-3H3/t16-/m0/s1. The molecule has 2 aromatic rings. The average Bonchev–Trinajstić information content (AvgIpc) is 3.17. The summed E-state index contributed by atoms with van der Waals surface area (Å²) < 4.78 is 10.9. The van der Waals surface area contributed by atoms with E-state index in [4.69, 9.17) is 9.47 Å². The predicted octanol–water partition coefficient (Wildman–Crippen LogP) is 3.59. The number of carbonyl (C=O) groups excluding carboxylic acids is 2. The van der Waals surface area contributed by atoms with Crippen LogP contribution in [0.1, 0.15) is 29.8 Å². The number of hydrogen-bond donors (Lipinski definition) is 0. The summed E-state index contributed by atoms with van der Waals surface area (Å²) in [7, 11) is 1.64. The molecule has 140 valence electrons. The molecule has 1 aliphatic heterocycles. The molecule has 1 amide bonds. The Morgan fingerprint density at radius 1 is 1.07 bits per heavy atom. The maximum atomic E-state index is 12.7. The fourth-order valence-electron chi connectivity index (χ4n) is 3.04. The molecule has 0 saturated heterocycles. The monoisotopic (exact) mass is 365 g/mol. The predicted molar refractivity (Wildman–Crippen MR) is 104 cm³/mol. The average molecular weight is 365 g/mol. The van der Waals surface area contributed by atoms with Gasteiger partial charge in [0.2, 0.25) is 0 Å². The largest absolute Gasteiger partial charge is 0.497 e. The Morgan fingerprint density at radius 2 is 1.81 bits per heavy atom. The van der Waals surface area contributed by atoms with Crippen LogP contribution in [-0.2, 0) is 4.79 Å². The van der Waals surface area contributed by atoms with Crippen LogP contribution >= 0.6 is 0 Å².